The first-order chi connectivity index (χ1) is 15.4. The second-order valence-corrected chi connectivity index (χ2v) is 10.7. The number of ether oxygens (including phenoxy) is 1. The third kappa shape index (κ3) is 3.86. The van der Waals surface area contributed by atoms with Gasteiger partial charge in [0.15, 0.2) is 0 Å². The van der Waals surface area contributed by atoms with E-state index in [1.54, 1.807) is 24.3 Å². The molecule has 0 radical (unpaired) electrons. The number of carbonyl (C=O) groups is 1. The van der Waals surface area contributed by atoms with Crippen LogP contribution in [0.1, 0.15) is 47.2 Å². The van der Waals surface area contributed by atoms with Crippen molar-refractivity contribution in [1.82, 2.24) is 4.90 Å². The van der Waals surface area contributed by atoms with Gasteiger partial charge in [0.1, 0.15) is 11.3 Å². The average molecular weight is 457 g/mol. The number of sulfonamides is 1. The van der Waals surface area contributed by atoms with E-state index in [4.69, 9.17) is 4.74 Å². The fourth-order valence-corrected chi connectivity index (χ4v) is 6.48. The van der Waals surface area contributed by atoms with E-state index in [1.165, 1.54) is 0 Å². The third-order valence-corrected chi connectivity index (χ3v) is 8.46. The number of benzene rings is 2. The molecule has 0 spiro atoms. The maximum absolute atomic E-state index is 13.4. The second-order valence-electron chi connectivity index (χ2n) is 9.09. The molecule has 5 rings (SSSR count). The van der Waals surface area contributed by atoms with Gasteiger partial charge in [0.2, 0.25) is 0 Å². The van der Waals surface area contributed by atoms with Crippen LogP contribution in [0.15, 0.2) is 41.3 Å². The van der Waals surface area contributed by atoms with Crippen LogP contribution < -0.4 is 9.46 Å². The molecular weight excluding hydrogens is 428 g/mol. The highest BCUT2D eigenvalue weighted by atomic mass is 32.2. The number of rotatable bonds is 7. The molecule has 2 aromatic carbocycles. The molecule has 2 N–H and O–H groups in total. The molecular formula is C24H28N2O5S. The molecule has 170 valence electrons. The summed E-state index contributed by atoms with van der Waals surface area (Å²) in [7, 11) is -3.97. The molecule has 0 amide bonds. The van der Waals surface area contributed by atoms with Gasteiger partial charge in [0.25, 0.3) is 10.0 Å². The van der Waals surface area contributed by atoms with Crippen molar-refractivity contribution in [2.24, 2.45) is 11.8 Å². The standard InChI is InChI=1S/C24H28N2O5S/c1-2-26-10-9-15(13-26)11-16-5-3-4-6-21(16)32(29,30)25-20-8-7-18-19-12-17(19)14-31-23(18)22(20)24(27)28/h3-8,15,17,19,25H,2,9-14H2,1H3,(H,27,28)/t15?,17-,19-/m0/s1. The summed E-state index contributed by atoms with van der Waals surface area (Å²) < 4.78 is 35.0. The Hall–Kier alpha value is -2.58. The van der Waals surface area contributed by atoms with Gasteiger partial charge in [-0.1, -0.05) is 31.2 Å². The Morgan fingerprint density at radius 3 is 2.81 bits per heavy atom. The lowest BCUT2D eigenvalue weighted by Crippen LogP contribution is -2.21. The third-order valence-electron chi connectivity index (χ3n) is 7.00. The summed E-state index contributed by atoms with van der Waals surface area (Å²) in [6.45, 7) is 5.61. The summed E-state index contributed by atoms with van der Waals surface area (Å²) >= 11 is 0. The molecule has 32 heavy (non-hydrogen) atoms. The van der Waals surface area contributed by atoms with Crippen molar-refractivity contribution in [2.75, 3.05) is 31.0 Å². The van der Waals surface area contributed by atoms with Crippen molar-refractivity contribution in [1.29, 1.82) is 0 Å². The molecule has 2 fully saturated rings. The van der Waals surface area contributed by atoms with Crippen molar-refractivity contribution in [2.45, 2.75) is 37.0 Å². The molecule has 2 aromatic rings. The summed E-state index contributed by atoms with van der Waals surface area (Å²) in [5.74, 6) is 0.271. The normalized spacial score (nSPS) is 24.3. The Balaban J connectivity index is 1.45. The van der Waals surface area contributed by atoms with Crippen LogP contribution in [0.4, 0.5) is 5.69 Å². The van der Waals surface area contributed by atoms with Crippen molar-refractivity contribution in [3.63, 3.8) is 0 Å². The SMILES string of the molecule is CCN1CCC(Cc2ccccc2S(=O)(=O)Nc2ccc3c(c2C(=O)O)OC[C@@H]2C[C@H]32)C1. The topological polar surface area (TPSA) is 95.9 Å². The van der Waals surface area contributed by atoms with Gasteiger partial charge < -0.3 is 14.7 Å². The maximum Gasteiger partial charge on any atom is 0.341 e. The number of carboxylic acid groups (broad SMARTS) is 1. The minimum atomic E-state index is -3.97. The number of carboxylic acids is 1. The molecule has 2 heterocycles. The minimum absolute atomic E-state index is 0.0446. The van der Waals surface area contributed by atoms with Gasteiger partial charge in [-0.15, -0.1) is 0 Å². The largest absolute Gasteiger partial charge is 0.492 e. The fourth-order valence-electron chi connectivity index (χ4n) is 5.16. The molecule has 1 saturated carbocycles. The van der Waals surface area contributed by atoms with Crippen LogP contribution in [0, 0.1) is 11.8 Å². The monoisotopic (exact) mass is 456 g/mol. The summed E-state index contributed by atoms with van der Waals surface area (Å²) in [4.78, 5) is 14.6. The van der Waals surface area contributed by atoms with E-state index in [1.807, 2.05) is 12.1 Å². The fraction of sp³-hybridized carbons (Fsp3) is 0.458. The van der Waals surface area contributed by atoms with Gasteiger partial charge in [-0.05, 0) is 67.4 Å². The van der Waals surface area contributed by atoms with Crippen molar-refractivity contribution >= 4 is 21.7 Å². The minimum Gasteiger partial charge on any atom is -0.492 e. The number of nitrogens with zero attached hydrogens (tertiary/aromatic N) is 1. The summed E-state index contributed by atoms with van der Waals surface area (Å²) in [6.07, 6.45) is 2.71. The Labute approximate surface area is 188 Å². The van der Waals surface area contributed by atoms with Gasteiger partial charge in [0, 0.05) is 12.5 Å². The highest BCUT2D eigenvalue weighted by Gasteiger charge is 2.45. The maximum atomic E-state index is 13.4. The van der Waals surface area contributed by atoms with Gasteiger partial charge in [0.05, 0.1) is 17.2 Å². The van der Waals surface area contributed by atoms with E-state index in [9.17, 15) is 18.3 Å². The molecule has 1 saturated heterocycles. The molecule has 0 aromatic heterocycles. The van der Waals surface area contributed by atoms with E-state index in [-0.39, 0.29) is 16.1 Å². The molecule has 7 nitrogen and oxygen atoms in total. The lowest BCUT2D eigenvalue weighted by Gasteiger charge is -2.21. The summed E-state index contributed by atoms with van der Waals surface area (Å²) in [5, 5.41) is 9.86. The molecule has 0 bridgehead atoms. The molecule has 1 unspecified atom stereocenters. The van der Waals surface area contributed by atoms with Crippen molar-refractivity contribution < 1.29 is 23.1 Å². The van der Waals surface area contributed by atoms with E-state index >= 15 is 0 Å². The lowest BCUT2D eigenvalue weighted by molar-refractivity contribution is 0.0692. The number of hydrogen-bond donors (Lipinski definition) is 2. The number of anilines is 1. The number of hydrogen-bond acceptors (Lipinski definition) is 5. The van der Waals surface area contributed by atoms with Crippen LogP contribution in [-0.2, 0) is 16.4 Å². The van der Waals surface area contributed by atoms with Crippen LogP contribution in [0.5, 0.6) is 5.75 Å². The zero-order chi connectivity index (χ0) is 22.5. The number of fused-ring (bicyclic) bond motifs is 3. The smallest absolute Gasteiger partial charge is 0.341 e. The Bertz CT molecular complexity index is 1160. The van der Waals surface area contributed by atoms with Gasteiger partial charge >= 0.3 is 5.97 Å². The summed E-state index contributed by atoms with van der Waals surface area (Å²) in [5.41, 5.74) is 1.56. The van der Waals surface area contributed by atoms with Crippen molar-refractivity contribution in [3.05, 3.63) is 53.1 Å². The average Bonchev–Trinajstić information content (AvgIpc) is 3.43. The number of nitrogens with one attached hydrogen (secondary N) is 1. The molecule has 1 aliphatic carbocycles. The van der Waals surface area contributed by atoms with Gasteiger partial charge in [-0.3, -0.25) is 4.72 Å². The van der Waals surface area contributed by atoms with Crippen molar-refractivity contribution in [3.8, 4) is 5.75 Å². The number of likely N-dealkylation sites (tertiary alicyclic amines) is 1. The number of aromatic carboxylic acids is 1. The zero-order valence-electron chi connectivity index (χ0n) is 18.1. The second kappa shape index (κ2) is 8.08. The van der Waals surface area contributed by atoms with Gasteiger partial charge in [-0.25, -0.2) is 13.2 Å². The van der Waals surface area contributed by atoms with Crippen LogP contribution in [0.2, 0.25) is 0 Å². The first-order valence-electron chi connectivity index (χ1n) is 11.2. The molecule has 3 atom stereocenters. The Morgan fingerprint density at radius 2 is 2.06 bits per heavy atom. The molecule has 2 aliphatic heterocycles. The molecule has 8 heteroatoms. The first kappa shape index (κ1) is 21.3. The van der Waals surface area contributed by atoms with E-state index in [0.717, 1.165) is 43.6 Å². The Morgan fingerprint density at radius 1 is 1.25 bits per heavy atom. The van der Waals surface area contributed by atoms with Crippen LogP contribution >= 0.6 is 0 Å². The quantitative estimate of drug-likeness (QED) is 0.661. The Kier molecular flexibility index (Phi) is 5.37. The highest BCUT2D eigenvalue weighted by molar-refractivity contribution is 7.92. The first-order valence-corrected chi connectivity index (χ1v) is 12.7. The van der Waals surface area contributed by atoms with E-state index < -0.39 is 16.0 Å². The summed E-state index contributed by atoms with van der Waals surface area (Å²) in [6, 6.07) is 10.4. The van der Waals surface area contributed by atoms with Gasteiger partial charge in [-0.2, -0.15) is 0 Å². The van der Waals surface area contributed by atoms with E-state index in [0.29, 0.717) is 36.5 Å². The predicted octanol–water partition coefficient (Wildman–Crippen LogP) is 3.57. The lowest BCUT2D eigenvalue weighted by atomic mass is 9.99. The molecule has 3 aliphatic rings. The highest BCUT2D eigenvalue weighted by Crippen LogP contribution is 2.55. The zero-order valence-corrected chi connectivity index (χ0v) is 18.9. The van der Waals surface area contributed by atoms with Crippen LogP contribution in [0.25, 0.3) is 0 Å². The van der Waals surface area contributed by atoms with E-state index in [2.05, 4.69) is 16.5 Å². The van der Waals surface area contributed by atoms with Crippen LogP contribution in [-0.4, -0.2) is 50.6 Å². The van der Waals surface area contributed by atoms with Crippen LogP contribution in [0.3, 0.4) is 0 Å². The predicted molar refractivity (Wildman–Crippen MR) is 121 cm³/mol.